The van der Waals surface area contributed by atoms with E-state index in [1.807, 2.05) is 43.3 Å². The van der Waals surface area contributed by atoms with E-state index in [-0.39, 0.29) is 5.91 Å². The third-order valence-electron chi connectivity index (χ3n) is 3.31. The first-order valence-electron chi connectivity index (χ1n) is 7.68. The lowest BCUT2D eigenvalue weighted by Gasteiger charge is -2.05. The van der Waals surface area contributed by atoms with Crippen LogP contribution in [0.2, 0.25) is 0 Å². The first-order chi connectivity index (χ1) is 11.7. The molecule has 2 aromatic carbocycles. The van der Waals surface area contributed by atoms with Crippen molar-refractivity contribution in [1.82, 2.24) is 9.97 Å². The molecule has 0 bridgehead atoms. The number of aromatic nitrogens is 2. The minimum Gasteiger partial charge on any atom is -0.494 e. The van der Waals surface area contributed by atoms with Gasteiger partial charge in [-0.3, -0.25) is 9.78 Å². The zero-order valence-electron chi connectivity index (χ0n) is 13.3. The molecular weight excluding hydrogens is 302 g/mol. The van der Waals surface area contributed by atoms with Crippen molar-refractivity contribution in [3.63, 3.8) is 0 Å². The van der Waals surface area contributed by atoms with Gasteiger partial charge >= 0.3 is 0 Å². The molecule has 3 rings (SSSR count). The number of amides is 1. The van der Waals surface area contributed by atoms with Gasteiger partial charge in [-0.15, -0.1) is 0 Å². The topological polar surface area (TPSA) is 64.1 Å². The molecule has 0 aliphatic heterocycles. The number of carbonyl (C=O) groups excluding carboxylic acids is 1. The van der Waals surface area contributed by atoms with Gasteiger partial charge in [0.25, 0.3) is 0 Å². The zero-order valence-corrected chi connectivity index (χ0v) is 13.3. The number of carbonyl (C=O) groups is 1. The first kappa shape index (κ1) is 15.7. The molecule has 1 aromatic heterocycles. The molecule has 0 spiro atoms. The predicted octanol–water partition coefficient (Wildman–Crippen LogP) is 3.68. The van der Waals surface area contributed by atoms with Crippen LogP contribution in [-0.4, -0.2) is 22.5 Å². The summed E-state index contributed by atoms with van der Waals surface area (Å²) in [6.45, 7) is 2.54. The molecule has 0 saturated carbocycles. The highest BCUT2D eigenvalue weighted by molar-refractivity contribution is 6.01. The number of benzene rings is 2. The van der Waals surface area contributed by atoms with Gasteiger partial charge < -0.3 is 10.1 Å². The summed E-state index contributed by atoms with van der Waals surface area (Å²) < 4.78 is 5.36. The first-order valence-corrected chi connectivity index (χ1v) is 7.68. The number of anilines is 1. The van der Waals surface area contributed by atoms with Crippen LogP contribution >= 0.6 is 0 Å². The maximum atomic E-state index is 12.0. The van der Waals surface area contributed by atoms with Crippen LogP contribution in [-0.2, 0) is 4.79 Å². The summed E-state index contributed by atoms with van der Waals surface area (Å²) in [5.41, 5.74) is 2.97. The normalized spacial score (nSPS) is 10.9. The molecule has 1 amide bonds. The largest absolute Gasteiger partial charge is 0.494 e. The Morgan fingerprint density at radius 3 is 2.62 bits per heavy atom. The molecule has 5 nitrogen and oxygen atoms in total. The molecule has 0 atom stereocenters. The molecule has 0 fully saturated rings. The molecule has 1 N–H and O–H groups in total. The molecule has 0 aliphatic rings. The van der Waals surface area contributed by atoms with E-state index in [1.165, 1.54) is 6.08 Å². The average molecular weight is 319 g/mol. The van der Waals surface area contributed by atoms with E-state index in [4.69, 9.17) is 4.74 Å². The Kier molecular flexibility index (Phi) is 4.81. The number of nitrogens with one attached hydrogen (secondary N) is 1. The molecule has 0 radical (unpaired) electrons. The highest BCUT2D eigenvalue weighted by atomic mass is 16.5. The van der Waals surface area contributed by atoms with Crippen LogP contribution in [0.4, 0.5) is 5.69 Å². The average Bonchev–Trinajstić information content (AvgIpc) is 2.62. The zero-order chi connectivity index (χ0) is 16.8. The van der Waals surface area contributed by atoms with E-state index < -0.39 is 0 Å². The quantitative estimate of drug-likeness (QED) is 0.729. The summed E-state index contributed by atoms with van der Waals surface area (Å²) in [5.74, 6) is 0.548. The Morgan fingerprint density at radius 1 is 1.12 bits per heavy atom. The maximum Gasteiger partial charge on any atom is 0.248 e. The maximum absolute atomic E-state index is 12.0. The van der Waals surface area contributed by atoms with Crippen molar-refractivity contribution >= 4 is 28.7 Å². The van der Waals surface area contributed by atoms with Gasteiger partial charge in [-0.05, 0) is 49.4 Å². The molecule has 24 heavy (non-hydrogen) atoms. The Morgan fingerprint density at radius 2 is 1.88 bits per heavy atom. The Balaban J connectivity index is 1.65. The number of hydrogen-bond donors (Lipinski definition) is 1. The number of fused-ring (bicyclic) bond motifs is 1. The van der Waals surface area contributed by atoms with E-state index >= 15 is 0 Å². The van der Waals surface area contributed by atoms with Gasteiger partial charge in [0, 0.05) is 11.8 Å². The van der Waals surface area contributed by atoms with Crippen LogP contribution in [0, 0.1) is 0 Å². The number of para-hydroxylation sites is 2. The summed E-state index contributed by atoms with van der Waals surface area (Å²) >= 11 is 0. The summed E-state index contributed by atoms with van der Waals surface area (Å²) in [4.78, 5) is 20.7. The lowest BCUT2D eigenvalue weighted by Crippen LogP contribution is -2.07. The van der Waals surface area contributed by atoms with Crippen molar-refractivity contribution in [2.75, 3.05) is 11.9 Å². The minimum atomic E-state index is -0.228. The highest BCUT2D eigenvalue weighted by Gasteiger charge is 2.00. The molecule has 1 heterocycles. The van der Waals surface area contributed by atoms with Gasteiger partial charge in [0.1, 0.15) is 5.75 Å². The van der Waals surface area contributed by atoms with Crippen molar-refractivity contribution < 1.29 is 9.53 Å². The standard InChI is InChI=1S/C19H17N3O2/c1-2-24-16-10-7-14(8-11-16)22-19(23)12-9-15-13-20-17-5-3-4-6-18(17)21-15/h3-13H,2H2,1H3,(H,22,23). The second-order valence-corrected chi connectivity index (χ2v) is 5.06. The fourth-order valence-corrected chi connectivity index (χ4v) is 2.20. The van der Waals surface area contributed by atoms with Crippen LogP contribution in [0.15, 0.2) is 60.8 Å². The molecule has 0 saturated heterocycles. The summed E-state index contributed by atoms with van der Waals surface area (Å²) in [5, 5.41) is 2.79. The SMILES string of the molecule is CCOc1ccc(NC(=O)C=Cc2cnc3ccccc3n2)cc1. The van der Waals surface area contributed by atoms with Gasteiger partial charge in [0.2, 0.25) is 5.91 Å². The van der Waals surface area contributed by atoms with Gasteiger partial charge in [-0.25, -0.2) is 4.98 Å². The van der Waals surface area contributed by atoms with E-state index in [9.17, 15) is 4.79 Å². The monoisotopic (exact) mass is 319 g/mol. The van der Waals surface area contributed by atoms with E-state index in [0.29, 0.717) is 18.0 Å². The van der Waals surface area contributed by atoms with Crippen molar-refractivity contribution in [3.05, 3.63) is 66.5 Å². The van der Waals surface area contributed by atoms with Crippen molar-refractivity contribution in [3.8, 4) is 5.75 Å². The van der Waals surface area contributed by atoms with Crippen LogP contribution in [0.25, 0.3) is 17.1 Å². The molecule has 0 unspecified atom stereocenters. The van der Waals surface area contributed by atoms with Crippen LogP contribution in [0.5, 0.6) is 5.75 Å². The highest BCUT2D eigenvalue weighted by Crippen LogP contribution is 2.15. The van der Waals surface area contributed by atoms with Crippen LogP contribution < -0.4 is 10.1 Å². The van der Waals surface area contributed by atoms with Crippen LogP contribution in [0.3, 0.4) is 0 Å². The van der Waals surface area contributed by atoms with Gasteiger partial charge in [-0.2, -0.15) is 0 Å². The van der Waals surface area contributed by atoms with Gasteiger partial charge in [-0.1, -0.05) is 12.1 Å². The minimum absolute atomic E-state index is 0.228. The second-order valence-electron chi connectivity index (χ2n) is 5.06. The van der Waals surface area contributed by atoms with E-state index in [0.717, 1.165) is 16.8 Å². The number of ether oxygens (including phenoxy) is 1. The van der Waals surface area contributed by atoms with Crippen molar-refractivity contribution in [2.24, 2.45) is 0 Å². The fourth-order valence-electron chi connectivity index (χ4n) is 2.20. The number of rotatable bonds is 5. The third-order valence-corrected chi connectivity index (χ3v) is 3.31. The molecule has 5 heteroatoms. The molecule has 3 aromatic rings. The summed E-state index contributed by atoms with van der Waals surface area (Å²) in [6.07, 6.45) is 4.72. The number of nitrogens with zero attached hydrogens (tertiary/aromatic N) is 2. The van der Waals surface area contributed by atoms with Gasteiger partial charge in [0.15, 0.2) is 0 Å². The lowest BCUT2D eigenvalue weighted by atomic mass is 10.3. The van der Waals surface area contributed by atoms with E-state index in [2.05, 4.69) is 15.3 Å². The van der Waals surface area contributed by atoms with Crippen molar-refractivity contribution in [2.45, 2.75) is 6.92 Å². The predicted molar refractivity (Wildman–Crippen MR) is 94.8 cm³/mol. The van der Waals surface area contributed by atoms with Crippen LogP contribution in [0.1, 0.15) is 12.6 Å². The fraction of sp³-hybridized carbons (Fsp3) is 0.105. The molecule has 120 valence electrons. The second kappa shape index (κ2) is 7.37. The Labute approximate surface area is 140 Å². The van der Waals surface area contributed by atoms with E-state index in [1.54, 1.807) is 24.4 Å². The summed E-state index contributed by atoms with van der Waals surface area (Å²) in [6, 6.07) is 14.8. The Hall–Kier alpha value is -3.21. The smallest absolute Gasteiger partial charge is 0.248 e. The van der Waals surface area contributed by atoms with Crippen molar-refractivity contribution in [1.29, 1.82) is 0 Å². The number of hydrogen-bond acceptors (Lipinski definition) is 4. The third kappa shape index (κ3) is 3.95. The Bertz CT molecular complexity index is 873. The van der Waals surface area contributed by atoms with Gasteiger partial charge in [0.05, 0.1) is 29.5 Å². The molecule has 0 aliphatic carbocycles. The molecular formula is C19H17N3O2. The lowest BCUT2D eigenvalue weighted by molar-refractivity contribution is -0.111. The summed E-state index contributed by atoms with van der Waals surface area (Å²) in [7, 11) is 0.